The van der Waals surface area contributed by atoms with Crippen LogP contribution in [0.25, 0.3) is 0 Å². The summed E-state index contributed by atoms with van der Waals surface area (Å²) < 4.78 is 10.5. The van der Waals surface area contributed by atoms with Gasteiger partial charge in [-0.15, -0.1) is 0 Å². The Labute approximate surface area is 226 Å². The van der Waals surface area contributed by atoms with Gasteiger partial charge in [0, 0.05) is 11.8 Å². The van der Waals surface area contributed by atoms with E-state index in [1.165, 1.54) is 0 Å². The highest BCUT2D eigenvalue weighted by atomic mass is 16.6. The maximum absolute atomic E-state index is 11.8. The molecule has 2 aromatic carbocycles. The fourth-order valence-corrected chi connectivity index (χ4v) is 3.60. The largest absolute Gasteiger partial charge is 0.460 e. The maximum atomic E-state index is 11.8. The number of carbonyl (C=O) groups is 3. The first-order chi connectivity index (χ1) is 17.7. The Morgan fingerprint density at radius 1 is 0.816 bits per heavy atom. The SMILES string of the molecule is CC(C)(C)OC(=O)C[C@@H](Cc1ccccc1)C(O)C#N.CC(C)(C)OC(=O)C[C@H](C=O)Cc1ccccc1. The molecule has 0 spiro atoms. The summed E-state index contributed by atoms with van der Waals surface area (Å²) in [5.41, 5.74) is 0.969. The van der Waals surface area contributed by atoms with E-state index < -0.39 is 29.2 Å². The Morgan fingerprint density at radius 3 is 1.63 bits per heavy atom. The predicted octanol–water partition coefficient (Wildman–Crippen LogP) is 5.24. The molecule has 0 aliphatic rings. The van der Waals surface area contributed by atoms with E-state index >= 15 is 0 Å². The Bertz CT molecular complexity index is 1030. The number of nitriles is 1. The fourth-order valence-electron chi connectivity index (χ4n) is 3.60. The number of aliphatic hydroxyl groups is 1. The van der Waals surface area contributed by atoms with Crippen LogP contribution in [0.5, 0.6) is 0 Å². The summed E-state index contributed by atoms with van der Waals surface area (Å²) in [4.78, 5) is 34.5. The number of carbonyl (C=O) groups excluding carboxylic acids is 3. The van der Waals surface area contributed by atoms with Gasteiger partial charge >= 0.3 is 11.9 Å². The molecule has 0 amide bonds. The van der Waals surface area contributed by atoms with E-state index in [1.807, 2.05) is 81.4 Å². The average Bonchev–Trinajstić information content (AvgIpc) is 2.82. The minimum Gasteiger partial charge on any atom is -0.460 e. The van der Waals surface area contributed by atoms with Gasteiger partial charge in [0.05, 0.1) is 18.9 Å². The lowest BCUT2D eigenvalue weighted by Gasteiger charge is -2.23. The summed E-state index contributed by atoms with van der Waals surface area (Å²) in [6, 6.07) is 21.0. The summed E-state index contributed by atoms with van der Waals surface area (Å²) in [5, 5.41) is 18.6. The van der Waals surface area contributed by atoms with Crippen LogP contribution in [0.3, 0.4) is 0 Å². The second kappa shape index (κ2) is 15.7. The summed E-state index contributed by atoms with van der Waals surface area (Å²) in [6.45, 7) is 10.8. The van der Waals surface area contributed by atoms with Crippen LogP contribution in [0.2, 0.25) is 0 Å². The first-order valence-corrected chi connectivity index (χ1v) is 12.8. The summed E-state index contributed by atoms with van der Waals surface area (Å²) in [7, 11) is 0. The molecule has 0 aliphatic carbocycles. The summed E-state index contributed by atoms with van der Waals surface area (Å²) in [5.74, 6) is -1.50. The van der Waals surface area contributed by atoms with Gasteiger partial charge in [0.2, 0.25) is 0 Å². The van der Waals surface area contributed by atoms with Crippen molar-refractivity contribution in [2.75, 3.05) is 0 Å². The van der Waals surface area contributed by atoms with E-state index in [0.717, 1.165) is 17.4 Å². The van der Waals surface area contributed by atoms with Gasteiger partial charge in [0.15, 0.2) is 0 Å². The third kappa shape index (κ3) is 14.9. The smallest absolute Gasteiger partial charge is 0.307 e. The maximum Gasteiger partial charge on any atom is 0.307 e. The van der Waals surface area contributed by atoms with Gasteiger partial charge in [-0.05, 0) is 65.5 Å². The van der Waals surface area contributed by atoms with Crippen molar-refractivity contribution in [2.24, 2.45) is 11.8 Å². The van der Waals surface area contributed by atoms with Crippen LogP contribution in [-0.2, 0) is 36.7 Å². The number of esters is 2. The molecule has 206 valence electrons. The molecular formula is C31H41NO6. The molecule has 0 fully saturated rings. The first-order valence-electron chi connectivity index (χ1n) is 12.8. The van der Waals surface area contributed by atoms with E-state index in [4.69, 9.17) is 14.7 Å². The van der Waals surface area contributed by atoms with Crippen molar-refractivity contribution in [1.29, 1.82) is 5.26 Å². The van der Waals surface area contributed by atoms with Crippen LogP contribution in [0.15, 0.2) is 60.7 Å². The van der Waals surface area contributed by atoms with Gasteiger partial charge in [-0.1, -0.05) is 60.7 Å². The molecule has 7 heteroatoms. The molecule has 1 unspecified atom stereocenters. The van der Waals surface area contributed by atoms with Crippen molar-refractivity contribution in [3.05, 3.63) is 71.8 Å². The van der Waals surface area contributed by atoms with Crippen LogP contribution in [0.1, 0.15) is 65.5 Å². The molecule has 0 heterocycles. The Hall–Kier alpha value is -3.50. The topological polar surface area (TPSA) is 114 Å². The molecule has 1 N–H and O–H groups in total. The number of benzene rings is 2. The Balaban J connectivity index is 0.000000382. The van der Waals surface area contributed by atoms with Gasteiger partial charge in [0.25, 0.3) is 0 Å². The molecule has 0 aliphatic heterocycles. The lowest BCUT2D eigenvalue weighted by molar-refractivity contribution is -0.157. The van der Waals surface area contributed by atoms with Crippen molar-refractivity contribution in [2.45, 2.75) is 84.5 Å². The standard InChI is InChI=1S/C16H21NO3.C15H20O3/c1-16(2,3)20-15(19)10-13(14(18)11-17)9-12-7-5-4-6-8-12;1-15(2,3)18-14(17)10-13(11-16)9-12-7-5-4-6-8-12/h4-8,13-14,18H,9-10H2,1-3H3;4-8,11,13H,9-10H2,1-3H3/t13-,14?;13-/m11/s1. The Kier molecular flexibility index (Phi) is 13.4. The number of hydrogen-bond acceptors (Lipinski definition) is 7. The van der Waals surface area contributed by atoms with Crippen LogP contribution in [-0.4, -0.2) is 40.6 Å². The Morgan fingerprint density at radius 2 is 1.24 bits per heavy atom. The van der Waals surface area contributed by atoms with Gasteiger partial charge in [-0.2, -0.15) is 5.26 Å². The van der Waals surface area contributed by atoms with Crippen LogP contribution < -0.4 is 0 Å². The second-order valence-electron chi connectivity index (χ2n) is 11.2. The zero-order chi connectivity index (χ0) is 28.8. The van der Waals surface area contributed by atoms with Crippen LogP contribution in [0, 0.1) is 23.2 Å². The zero-order valence-electron chi connectivity index (χ0n) is 23.3. The van der Waals surface area contributed by atoms with E-state index in [2.05, 4.69) is 0 Å². The van der Waals surface area contributed by atoms with E-state index in [-0.39, 0.29) is 24.7 Å². The van der Waals surface area contributed by atoms with Gasteiger partial charge < -0.3 is 19.4 Å². The molecule has 0 bridgehead atoms. The number of hydrogen-bond donors (Lipinski definition) is 1. The van der Waals surface area contributed by atoms with Gasteiger partial charge in [-0.3, -0.25) is 9.59 Å². The van der Waals surface area contributed by atoms with Crippen molar-refractivity contribution in [1.82, 2.24) is 0 Å². The molecule has 0 aromatic heterocycles. The lowest BCUT2D eigenvalue weighted by atomic mass is 9.91. The van der Waals surface area contributed by atoms with E-state index in [1.54, 1.807) is 26.8 Å². The molecule has 3 atom stereocenters. The number of rotatable bonds is 10. The summed E-state index contributed by atoms with van der Waals surface area (Å²) >= 11 is 0. The van der Waals surface area contributed by atoms with Crippen LogP contribution >= 0.6 is 0 Å². The lowest BCUT2D eigenvalue weighted by Crippen LogP contribution is -2.29. The number of aldehydes is 1. The minimum atomic E-state index is -1.18. The average molecular weight is 524 g/mol. The molecule has 7 nitrogen and oxygen atoms in total. The molecule has 0 radical (unpaired) electrons. The third-order valence-electron chi connectivity index (χ3n) is 5.15. The van der Waals surface area contributed by atoms with Crippen molar-refractivity contribution < 1.29 is 29.0 Å². The van der Waals surface area contributed by atoms with Crippen LogP contribution in [0.4, 0.5) is 0 Å². The second-order valence-corrected chi connectivity index (χ2v) is 11.2. The van der Waals surface area contributed by atoms with Crippen molar-refractivity contribution >= 4 is 18.2 Å². The van der Waals surface area contributed by atoms with Crippen molar-refractivity contribution in [3.63, 3.8) is 0 Å². The van der Waals surface area contributed by atoms with Gasteiger partial charge in [-0.25, -0.2) is 0 Å². The third-order valence-corrected chi connectivity index (χ3v) is 5.15. The molecule has 38 heavy (non-hydrogen) atoms. The van der Waals surface area contributed by atoms with E-state index in [9.17, 15) is 19.5 Å². The quantitative estimate of drug-likeness (QED) is 0.257. The number of nitrogens with zero attached hydrogens (tertiary/aromatic N) is 1. The minimum absolute atomic E-state index is 0.0287. The molecule has 0 saturated carbocycles. The molecular weight excluding hydrogens is 482 g/mol. The highest BCUT2D eigenvalue weighted by Gasteiger charge is 2.26. The fraction of sp³-hybridized carbons (Fsp3) is 0.484. The predicted molar refractivity (Wildman–Crippen MR) is 146 cm³/mol. The zero-order valence-corrected chi connectivity index (χ0v) is 23.3. The molecule has 0 saturated heterocycles. The highest BCUT2D eigenvalue weighted by Crippen LogP contribution is 2.19. The normalized spacial score (nSPS) is 13.5. The number of aliphatic hydroxyl groups excluding tert-OH is 1. The monoisotopic (exact) mass is 523 g/mol. The molecule has 2 aromatic rings. The summed E-state index contributed by atoms with van der Waals surface area (Å²) in [6.07, 6.45) is 0.856. The number of ether oxygens (including phenoxy) is 2. The first kappa shape index (κ1) is 32.5. The highest BCUT2D eigenvalue weighted by molar-refractivity contribution is 5.74. The van der Waals surface area contributed by atoms with Gasteiger partial charge in [0.1, 0.15) is 23.6 Å². The molecule has 2 rings (SSSR count). The van der Waals surface area contributed by atoms with Crippen molar-refractivity contribution in [3.8, 4) is 6.07 Å². The van der Waals surface area contributed by atoms with E-state index in [0.29, 0.717) is 12.8 Å².